The first-order valence-electron chi connectivity index (χ1n) is 9.52. The van der Waals surface area contributed by atoms with E-state index in [1.165, 1.54) is 36.3 Å². The number of amides is 3. The molecule has 0 atom stereocenters. The highest BCUT2D eigenvalue weighted by Gasteiger charge is 2.36. The Bertz CT molecular complexity index is 1090. The van der Waals surface area contributed by atoms with Gasteiger partial charge in [-0.25, -0.2) is 4.39 Å². The molecule has 0 unspecified atom stereocenters. The van der Waals surface area contributed by atoms with Crippen LogP contribution in [0.3, 0.4) is 0 Å². The van der Waals surface area contributed by atoms with Gasteiger partial charge in [0.15, 0.2) is 18.1 Å². The third-order valence-corrected chi connectivity index (χ3v) is 6.05. The molecule has 1 aliphatic rings. The monoisotopic (exact) mass is 570 g/mol. The molecule has 0 saturated carbocycles. The molecule has 1 heterocycles. The molecule has 32 heavy (non-hydrogen) atoms. The summed E-state index contributed by atoms with van der Waals surface area (Å²) in [5, 5.41) is 2.32. The number of ether oxygens (including phenoxy) is 2. The van der Waals surface area contributed by atoms with E-state index >= 15 is 0 Å². The summed E-state index contributed by atoms with van der Waals surface area (Å²) in [5.41, 5.74) is 1.11. The number of carbonyl (C=O) groups excluding carboxylic acids is 3. The molecular formula is C22H20FIN2O5S. The van der Waals surface area contributed by atoms with Gasteiger partial charge in [-0.2, -0.15) is 0 Å². The quantitative estimate of drug-likeness (QED) is 0.377. The fourth-order valence-corrected chi connectivity index (χ4v) is 4.65. The van der Waals surface area contributed by atoms with E-state index in [1.54, 1.807) is 32.1 Å². The standard InChI is InChI=1S/C22H20FIN2O5S/c1-12(2)26-21(28)18(32-22(26)29)10-13-8-16(24)20(17(9-13)30-3)31-11-19(27)25-15-6-4-14(23)5-7-15/h4-10,12H,11H2,1-3H3,(H,25,27). The molecule has 2 aromatic carbocycles. The number of methoxy groups -OCH3 is 1. The molecule has 0 spiro atoms. The number of halogens is 2. The smallest absolute Gasteiger partial charge is 0.293 e. The zero-order valence-corrected chi connectivity index (χ0v) is 20.5. The molecule has 0 aliphatic carbocycles. The highest BCUT2D eigenvalue weighted by Crippen LogP contribution is 2.37. The van der Waals surface area contributed by atoms with Crippen molar-refractivity contribution in [3.05, 3.63) is 56.3 Å². The van der Waals surface area contributed by atoms with Crippen LogP contribution in [0.4, 0.5) is 14.9 Å². The Kier molecular flexibility index (Phi) is 7.77. The average Bonchev–Trinajstić information content (AvgIpc) is 3.01. The number of nitrogens with one attached hydrogen (secondary N) is 1. The van der Waals surface area contributed by atoms with E-state index in [4.69, 9.17) is 9.47 Å². The maximum atomic E-state index is 13.0. The number of hydrogen-bond acceptors (Lipinski definition) is 6. The van der Waals surface area contributed by atoms with Gasteiger partial charge in [0.25, 0.3) is 17.1 Å². The van der Waals surface area contributed by atoms with Crippen molar-refractivity contribution in [3.63, 3.8) is 0 Å². The van der Waals surface area contributed by atoms with Gasteiger partial charge >= 0.3 is 0 Å². The number of rotatable bonds is 7. The molecule has 1 fully saturated rings. The van der Waals surface area contributed by atoms with Gasteiger partial charge in [0.1, 0.15) is 5.82 Å². The SMILES string of the molecule is COc1cc(C=C2SC(=O)N(C(C)C)C2=O)cc(I)c1OCC(=O)Nc1ccc(F)cc1. The lowest BCUT2D eigenvalue weighted by Crippen LogP contribution is -2.34. The average molecular weight is 570 g/mol. The van der Waals surface area contributed by atoms with Crippen LogP contribution in [0, 0.1) is 9.39 Å². The molecule has 168 valence electrons. The summed E-state index contributed by atoms with van der Waals surface area (Å²) in [6.07, 6.45) is 1.63. The summed E-state index contributed by atoms with van der Waals surface area (Å²) >= 11 is 2.93. The first kappa shape index (κ1) is 24.1. The number of carbonyl (C=O) groups is 3. The lowest BCUT2D eigenvalue weighted by molar-refractivity contribution is -0.123. The Morgan fingerprint density at radius 1 is 1.25 bits per heavy atom. The lowest BCUT2D eigenvalue weighted by atomic mass is 10.1. The summed E-state index contributed by atoms with van der Waals surface area (Å²) in [5.74, 6) is -0.397. The van der Waals surface area contributed by atoms with Crippen LogP contribution in [-0.4, -0.2) is 41.7 Å². The van der Waals surface area contributed by atoms with Crippen LogP contribution < -0.4 is 14.8 Å². The third-order valence-electron chi connectivity index (χ3n) is 4.37. The fraction of sp³-hybridized carbons (Fsp3) is 0.227. The molecule has 1 aliphatic heterocycles. The van der Waals surface area contributed by atoms with Crippen LogP contribution in [0.5, 0.6) is 11.5 Å². The highest BCUT2D eigenvalue weighted by atomic mass is 127. The molecule has 1 N–H and O–H groups in total. The molecule has 0 radical (unpaired) electrons. The summed E-state index contributed by atoms with van der Waals surface area (Å²) in [6.45, 7) is 3.28. The van der Waals surface area contributed by atoms with Gasteiger partial charge in [0.05, 0.1) is 15.6 Å². The summed E-state index contributed by atoms with van der Waals surface area (Å²) in [7, 11) is 1.47. The Morgan fingerprint density at radius 2 is 1.94 bits per heavy atom. The minimum Gasteiger partial charge on any atom is -0.493 e. The Morgan fingerprint density at radius 3 is 2.53 bits per heavy atom. The summed E-state index contributed by atoms with van der Waals surface area (Å²) < 4.78 is 24.7. The summed E-state index contributed by atoms with van der Waals surface area (Å²) in [6, 6.07) is 8.60. The molecule has 0 aromatic heterocycles. The third kappa shape index (κ3) is 5.60. The van der Waals surface area contributed by atoms with Crippen LogP contribution in [0.15, 0.2) is 41.3 Å². The van der Waals surface area contributed by atoms with Crippen molar-refractivity contribution < 1.29 is 28.2 Å². The minimum absolute atomic E-state index is 0.222. The largest absolute Gasteiger partial charge is 0.493 e. The maximum absolute atomic E-state index is 13.0. The Balaban J connectivity index is 1.74. The van der Waals surface area contributed by atoms with E-state index < -0.39 is 11.7 Å². The van der Waals surface area contributed by atoms with Crippen molar-refractivity contribution in [3.8, 4) is 11.5 Å². The van der Waals surface area contributed by atoms with E-state index in [0.29, 0.717) is 31.2 Å². The molecule has 2 aromatic rings. The van der Waals surface area contributed by atoms with Gasteiger partial charge in [-0.1, -0.05) is 0 Å². The van der Waals surface area contributed by atoms with Crippen molar-refractivity contribution >= 4 is 63.2 Å². The fourth-order valence-electron chi connectivity index (χ4n) is 2.91. The molecule has 3 amide bonds. The van der Waals surface area contributed by atoms with E-state index in [9.17, 15) is 18.8 Å². The van der Waals surface area contributed by atoms with Gasteiger partial charge in [-0.3, -0.25) is 19.3 Å². The zero-order chi connectivity index (χ0) is 23.4. The predicted molar refractivity (Wildman–Crippen MR) is 129 cm³/mol. The summed E-state index contributed by atoms with van der Waals surface area (Å²) in [4.78, 5) is 38.3. The number of nitrogens with zero attached hydrogens (tertiary/aromatic N) is 1. The van der Waals surface area contributed by atoms with Crippen LogP contribution in [0.1, 0.15) is 19.4 Å². The predicted octanol–water partition coefficient (Wildman–Crippen LogP) is 4.90. The van der Waals surface area contributed by atoms with Crippen molar-refractivity contribution in [1.29, 1.82) is 0 Å². The number of anilines is 1. The number of hydrogen-bond donors (Lipinski definition) is 1. The van der Waals surface area contributed by atoms with Crippen LogP contribution in [-0.2, 0) is 9.59 Å². The van der Waals surface area contributed by atoms with Gasteiger partial charge in [-0.15, -0.1) is 0 Å². The number of imide groups is 1. The second-order valence-electron chi connectivity index (χ2n) is 7.02. The Labute approximate surface area is 202 Å². The molecule has 1 saturated heterocycles. The first-order valence-corrected chi connectivity index (χ1v) is 11.4. The second-order valence-corrected chi connectivity index (χ2v) is 9.18. The van der Waals surface area contributed by atoms with Crippen LogP contribution in [0.2, 0.25) is 0 Å². The highest BCUT2D eigenvalue weighted by molar-refractivity contribution is 14.1. The molecular weight excluding hydrogens is 550 g/mol. The van der Waals surface area contributed by atoms with Crippen molar-refractivity contribution in [2.45, 2.75) is 19.9 Å². The van der Waals surface area contributed by atoms with E-state index in [0.717, 1.165) is 11.8 Å². The topological polar surface area (TPSA) is 84.9 Å². The first-order chi connectivity index (χ1) is 15.2. The van der Waals surface area contributed by atoms with Crippen molar-refractivity contribution in [2.75, 3.05) is 19.0 Å². The van der Waals surface area contributed by atoms with Crippen molar-refractivity contribution in [1.82, 2.24) is 4.90 Å². The molecule has 7 nitrogen and oxygen atoms in total. The minimum atomic E-state index is -0.416. The van der Waals surface area contributed by atoms with Crippen molar-refractivity contribution in [2.24, 2.45) is 0 Å². The van der Waals surface area contributed by atoms with Crippen LogP contribution in [0.25, 0.3) is 6.08 Å². The van der Waals surface area contributed by atoms with E-state index in [1.807, 2.05) is 22.6 Å². The molecule has 3 rings (SSSR count). The number of thioether (sulfide) groups is 1. The normalized spacial score (nSPS) is 14.9. The Hall–Kier alpha value is -2.60. The van der Waals surface area contributed by atoms with Crippen LogP contribution >= 0.6 is 34.4 Å². The van der Waals surface area contributed by atoms with Gasteiger partial charge in [-0.05, 0) is 96.2 Å². The maximum Gasteiger partial charge on any atom is 0.293 e. The number of benzene rings is 2. The van der Waals surface area contributed by atoms with E-state index in [2.05, 4.69) is 5.32 Å². The molecule has 10 heteroatoms. The second kappa shape index (κ2) is 10.3. The lowest BCUT2D eigenvalue weighted by Gasteiger charge is -2.16. The van der Waals surface area contributed by atoms with E-state index in [-0.39, 0.29) is 23.8 Å². The van der Waals surface area contributed by atoms with Gasteiger partial charge in [0, 0.05) is 11.7 Å². The van der Waals surface area contributed by atoms with Gasteiger partial charge < -0.3 is 14.8 Å². The van der Waals surface area contributed by atoms with Gasteiger partial charge in [0.2, 0.25) is 0 Å². The molecule has 0 bridgehead atoms. The zero-order valence-electron chi connectivity index (χ0n) is 17.5.